The zero-order valence-corrected chi connectivity index (χ0v) is 7.13. The average Bonchev–Trinajstić information content (AvgIpc) is 2.18. The second-order valence-electron chi connectivity index (χ2n) is 2.95. The summed E-state index contributed by atoms with van der Waals surface area (Å²) in [4.78, 5) is 2.44. The highest BCUT2D eigenvalue weighted by molar-refractivity contribution is 4.89. The van der Waals surface area contributed by atoms with Crippen LogP contribution in [0.3, 0.4) is 0 Å². The quantitative estimate of drug-likeness (QED) is 0.237. The molecule has 0 aromatic heterocycles. The highest BCUT2D eigenvalue weighted by atomic mass is 16.6. The fourth-order valence-corrected chi connectivity index (χ4v) is 1.20. The Balaban J connectivity index is 2.64. The molecule has 1 saturated heterocycles. The number of hydrogen-bond acceptors (Lipinski definition) is 6. The predicted molar refractivity (Wildman–Crippen MR) is 42.9 cm³/mol. The number of aliphatic hydroxyl groups is 4. The minimum Gasteiger partial charge on any atom is -0.388 e. The summed E-state index contributed by atoms with van der Waals surface area (Å²) in [6.45, 7) is -0.224. The number of nitrogens with zero attached hydrogens (tertiary/aromatic N) is 3. The molecule has 4 N–H and O–H groups in total. The van der Waals surface area contributed by atoms with E-state index < -0.39 is 30.7 Å². The van der Waals surface area contributed by atoms with Gasteiger partial charge in [0.1, 0.15) is 18.3 Å². The van der Waals surface area contributed by atoms with Crippen LogP contribution in [0.4, 0.5) is 0 Å². The van der Waals surface area contributed by atoms with Crippen molar-refractivity contribution in [1.29, 1.82) is 0 Å². The lowest BCUT2D eigenvalue weighted by Gasteiger charge is -2.37. The first-order chi connectivity index (χ1) is 6.57. The van der Waals surface area contributed by atoms with Crippen LogP contribution in [-0.2, 0) is 4.74 Å². The highest BCUT2D eigenvalue weighted by Crippen LogP contribution is 2.19. The van der Waals surface area contributed by atoms with Crippen molar-refractivity contribution in [3.8, 4) is 0 Å². The van der Waals surface area contributed by atoms with Crippen molar-refractivity contribution in [3.05, 3.63) is 10.4 Å². The number of hydrogen-bond donors (Lipinski definition) is 4. The molecule has 0 unspecified atom stereocenters. The van der Waals surface area contributed by atoms with E-state index in [0.29, 0.717) is 0 Å². The number of azide groups is 1. The summed E-state index contributed by atoms with van der Waals surface area (Å²) < 4.78 is 4.71. The highest BCUT2D eigenvalue weighted by Gasteiger charge is 2.42. The smallest absolute Gasteiger partial charge is 0.183 e. The molecule has 0 radical (unpaired) electrons. The van der Waals surface area contributed by atoms with Gasteiger partial charge < -0.3 is 25.2 Å². The lowest BCUT2D eigenvalue weighted by molar-refractivity contribution is -0.279. The lowest BCUT2D eigenvalue weighted by Crippen LogP contribution is -2.58. The monoisotopic (exact) mass is 205 g/mol. The zero-order chi connectivity index (χ0) is 10.7. The Bertz CT molecular complexity index is 244. The van der Waals surface area contributed by atoms with Crippen molar-refractivity contribution in [2.45, 2.75) is 30.7 Å². The normalized spacial score (nSPS) is 43.0. The van der Waals surface area contributed by atoms with Crippen LogP contribution >= 0.6 is 0 Å². The van der Waals surface area contributed by atoms with Crippen LogP contribution in [0.2, 0.25) is 0 Å². The van der Waals surface area contributed by atoms with E-state index in [2.05, 4.69) is 10.0 Å². The molecule has 8 heteroatoms. The average molecular weight is 205 g/mol. The maximum Gasteiger partial charge on any atom is 0.183 e. The fraction of sp³-hybridized carbons (Fsp3) is 1.00. The van der Waals surface area contributed by atoms with E-state index in [1.54, 1.807) is 0 Å². The van der Waals surface area contributed by atoms with Crippen molar-refractivity contribution >= 4 is 0 Å². The molecular formula is C6H11N3O5. The van der Waals surface area contributed by atoms with Gasteiger partial charge in [-0.2, -0.15) is 0 Å². The van der Waals surface area contributed by atoms with Crippen molar-refractivity contribution in [1.82, 2.24) is 0 Å². The predicted octanol–water partition coefficient (Wildman–Crippen LogP) is -1.90. The van der Waals surface area contributed by atoms with Crippen molar-refractivity contribution in [2.75, 3.05) is 6.54 Å². The van der Waals surface area contributed by atoms with E-state index in [-0.39, 0.29) is 6.54 Å². The van der Waals surface area contributed by atoms with Gasteiger partial charge in [0, 0.05) is 4.91 Å². The first-order valence-corrected chi connectivity index (χ1v) is 3.96. The van der Waals surface area contributed by atoms with E-state index in [0.717, 1.165) is 0 Å². The van der Waals surface area contributed by atoms with Crippen LogP contribution in [0.25, 0.3) is 10.4 Å². The van der Waals surface area contributed by atoms with Crippen molar-refractivity contribution in [3.63, 3.8) is 0 Å². The van der Waals surface area contributed by atoms with Crippen LogP contribution < -0.4 is 0 Å². The number of rotatable bonds is 2. The Labute approximate surface area is 79.0 Å². The Kier molecular flexibility index (Phi) is 3.64. The zero-order valence-electron chi connectivity index (χ0n) is 7.13. The minimum absolute atomic E-state index is 0.224. The summed E-state index contributed by atoms with van der Waals surface area (Å²) in [5.74, 6) is 0. The molecule has 1 fully saturated rings. The van der Waals surface area contributed by atoms with Gasteiger partial charge in [-0.05, 0) is 5.53 Å². The molecule has 0 saturated carbocycles. The van der Waals surface area contributed by atoms with Gasteiger partial charge in [0.25, 0.3) is 0 Å². The third-order valence-corrected chi connectivity index (χ3v) is 2.01. The first-order valence-electron chi connectivity index (χ1n) is 3.96. The van der Waals surface area contributed by atoms with E-state index >= 15 is 0 Å². The molecule has 8 nitrogen and oxygen atoms in total. The summed E-state index contributed by atoms with van der Waals surface area (Å²) >= 11 is 0. The summed E-state index contributed by atoms with van der Waals surface area (Å²) in [6, 6.07) is 0. The summed E-state index contributed by atoms with van der Waals surface area (Å²) in [6.07, 6.45) is -7.07. The molecule has 0 aromatic carbocycles. The maximum atomic E-state index is 9.32. The van der Waals surface area contributed by atoms with E-state index in [9.17, 15) is 10.2 Å². The summed E-state index contributed by atoms with van der Waals surface area (Å²) in [7, 11) is 0. The van der Waals surface area contributed by atoms with Crippen LogP contribution in [-0.4, -0.2) is 57.7 Å². The first kappa shape index (κ1) is 11.2. The lowest BCUT2D eigenvalue weighted by atomic mass is 9.99. The molecule has 0 amide bonds. The van der Waals surface area contributed by atoms with Gasteiger partial charge in [-0.15, -0.1) is 0 Å². The fourth-order valence-electron chi connectivity index (χ4n) is 1.20. The van der Waals surface area contributed by atoms with Gasteiger partial charge in [-0.25, -0.2) is 0 Å². The number of ether oxygens (including phenoxy) is 1. The Morgan fingerprint density at radius 3 is 2.36 bits per heavy atom. The van der Waals surface area contributed by atoms with E-state index in [1.165, 1.54) is 0 Å². The molecule has 14 heavy (non-hydrogen) atoms. The molecule has 1 rings (SSSR count). The van der Waals surface area contributed by atoms with Gasteiger partial charge in [-0.1, -0.05) is 5.11 Å². The Morgan fingerprint density at radius 1 is 1.14 bits per heavy atom. The van der Waals surface area contributed by atoms with Crippen molar-refractivity contribution in [2.24, 2.45) is 5.11 Å². The van der Waals surface area contributed by atoms with Gasteiger partial charge in [0.05, 0.1) is 12.6 Å². The topological polar surface area (TPSA) is 139 Å². The van der Waals surface area contributed by atoms with Gasteiger partial charge in [0.2, 0.25) is 0 Å². The standard InChI is InChI=1S/C6H11N3O5/c7-9-8-1-2-3(10)4(11)5(12)6(13)14-2/h2-6,10-13H,1H2/t2-,3+,4+,5-,6-/m1/s1. The molecule has 5 atom stereocenters. The minimum atomic E-state index is -1.59. The second-order valence-corrected chi connectivity index (χ2v) is 2.95. The molecular weight excluding hydrogens is 194 g/mol. The molecule has 80 valence electrons. The van der Waals surface area contributed by atoms with E-state index in [1.807, 2.05) is 0 Å². The molecule has 1 aliphatic rings. The van der Waals surface area contributed by atoms with Crippen LogP contribution in [0.15, 0.2) is 5.11 Å². The van der Waals surface area contributed by atoms with E-state index in [4.69, 9.17) is 20.5 Å². The van der Waals surface area contributed by atoms with Crippen LogP contribution in [0.5, 0.6) is 0 Å². The largest absolute Gasteiger partial charge is 0.388 e. The SMILES string of the molecule is [N-]=[N+]=NC[C@H]1O[C@@H](O)[C@H](O)[C@@H](O)[C@H]1O. The van der Waals surface area contributed by atoms with Gasteiger partial charge in [0.15, 0.2) is 6.29 Å². The molecule has 0 spiro atoms. The summed E-state index contributed by atoms with van der Waals surface area (Å²) in [5, 5.41) is 39.8. The second kappa shape index (κ2) is 4.56. The van der Waals surface area contributed by atoms with Crippen LogP contribution in [0, 0.1) is 0 Å². The molecule has 0 aliphatic carbocycles. The third kappa shape index (κ3) is 2.13. The Morgan fingerprint density at radius 2 is 1.79 bits per heavy atom. The maximum absolute atomic E-state index is 9.32. The Hall–Kier alpha value is -0.890. The van der Waals surface area contributed by atoms with Gasteiger partial charge in [-0.3, -0.25) is 0 Å². The summed E-state index contributed by atoms with van der Waals surface area (Å²) in [5.41, 5.74) is 8.01. The third-order valence-electron chi connectivity index (χ3n) is 2.01. The molecule has 1 heterocycles. The molecule has 0 bridgehead atoms. The van der Waals surface area contributed by atoms with Crippen molar-refractivity contribution < 1.29 is 25.2 Å². The van der Waals surface area contributed by atoms with Crippen LogP contribution in [0.1, 0.15) is 0 Å². The number of aliphatic hydroxyl groups excluding tert-OH is 4. The van der Waals surface area contributed by atoms with Gasteiger partial charge >= 0.3 is 0 Å². The molecule has 0 aromatic rings. The molecule has 1 aliphatic heterocycles.